The Morgan fingerprint density at radius 1 is 1.16 bits per heavy atom. The van der Waals surface area contributed by atoms with Crippen molar-refractivity contribution >= 4 is 12.0 Å². The highest BCUT2D eigenvalue weighted by Gasteiger charge is 2.45. The predicted molar refractivity (Wildman–Crippen MR) is 76.2 cm³/mol. The second-order valence-corrected chi connectivity index (χ2v) is 6.07. The number of aliphatic carboxylic acids is 1. The van der Waals surface area contributed by atoms with Crippen LogP contribution in [0.4, 0.5) is 4.79 Å². The van der Waals surface area contributed by atoms with Gasteiger partial charge in [0.15, 0.2) is 0 Å². The number of rotatable bonds is 6. The van der Waals surface area contributed by atoms with Crippen LogP contribution in [-0.4, -0.2) is 40.6 Å². The molecule has 0 aliphatic rings. The highest BCUT2D eigenvalue weighted by Crippen LogP contribution is 2.31. The van der Waals surface area contributed by atoms with E-state index in [0.717, 1.165) is 12.8 Å². The van der Waals surface area contributed by atoms with Crippen molar-refractivity contribution in [1.29, 1.82) is 0 Å². The minimum absolute atomic E-state index is 0.170. The van der Waals surface area contributed by atoms with Crippen molar-refractivity contribution in [2.45, 2.75) is 66.0 Å². The summed E-state index contributed by atoms with van der Waals surface area (Å²) in [6.07, 6.45) is 1.76. The van der Waals surface area contributed by atoms with Gasteiger partial charge in [0.25, 0.3) is 0 Å². The Morgan fingerprint density at radius 3 is 1.89 bits per heavy atom. The van der Waals surface area contributed by atoms with Crippen LogP contribution in [0.25, 0.3) is 0 Å². The second-order valence-electron chi connectivity index (χ2n) is 6.07. The van der Waals surface area contributed by atoms with Gasteiger partial charge in [0.1, 0.15) is 0 Å². The van der Waals surface area contributed by atoms with E-state index >= 15 is 0 Å². The minimum atomic E-state index is -1.04. The van der Waals surface area contributed by atoms with Crippen LogP contribution in [0.1, 0.15) is 54.4 Å². The van der Waals surface area contributed by atoms with E-state index in [1.54, 1.807) is 39.6 Å². The summed E-state index contributed by atoms with van der Waals surface area (Å²) in [6.45, 7) is 10.8. The molecule has 0 saturated carbocycles. The standard InChI is InChI=1S/C14H28N2O3/c1-8-10(9-2)16(7)12(19)15-14(5,6)13(3,4)11(17)18/h10H,8-9H2,1-7H3,(H,15,19)(H,17,18). The van der Waals surface area contributed by atoms with Gasteiger partial charge in [-0.05, 0) is 40.5 Å². The predicted octanol–water partition coefficient (Wildman–Crippen LogP) is 2.71. The number of hydrogen-bond acceptors (Lipinski definition) is 2. The van der Waals surface area contributed by atoms with Gasteiger partial charge in [0.05, 0.1) is 11.0 Å². The molecule has 0 spiro atoms. The molecule has 0 heterocycles. The van der Waals surface area contributed by atoms with Gasteiger partial charge < -0.3 is 15.3 Å². The van der Waals surface area contributed by atoms with E-state index in [0.29, 0.717) is 0 Å². The fourth-order valence-corrected chi connectivity index (χ4v) is 1.78. The summed E-state index contributed by atoms with van der Waals surface area (Å²) >= 11 is 0. The summed E-state index contributed by atoms with van der Waals surface area (Å²) in [5, 5.41) is 12.1. The maximum absolute atomic E-state index is 12.2. The summed E-state index contributed by atoms with van der Waals surface area (Å²) in [5.74, 6) is -0.928. The van der Waals surface area contributed by atoms with Crippen molar-refractivity contribution in [2.24, 2.45) is 5.41 Å². The van der Waals surface area contributed by atoms with Gasteiger partial charge >= 0.3 is 12.0 Å². The lowest BCUT2D eigenvalue weighted by Gasteiger charge is -2.40. The Hall–Kier alpha value is -1.26. The monoisotopic (exact) mass is 272 g/mol. The number of nitrogens with zero attached hydrogens (tertiary/aromatic N) is 1. The third kappa shape index (κ3) is 3.85. The Balaban J connectivity index is 4.94. The molecule has 19 heavy (non-hydrogen) atoms. The average molecular weight is 272 g/mol. The van der Waals surface area contributed by atoms with Gasteiger partial charge in [-0.25, -0.2) is 4.79 Å². The first-order valence-electron chi connectivity index (χ1n) is 6.79. The molecule has 0 aliphatic heterocycles. The van der Waals surface area contributed by atoms with Crippen molar-refractivity contribution in [2.75, 3.05) is 7.05 Å². The lowest BCUT2D eigenvalue weighted by atomic mass is 9.74. The zero-order valence-corrected chi connectivity index (χ0v) is 13.2. The maximum Gasteiger partial charge on any atom is 0.317 e. The number of hydrogen-bond donors (Lipinski definition) is 2. The molecule has 0 aliphatic carbocycles. The fraction of sp³-hybridized carbons (Fsp3) is 0.857. The lowest BCUT2D eigenvalue weighted by Crippen LogP contribution is -2.60. The molecule has 0 atom stereocenters. The molecule has 0 bridgehead atoms. The normalized spacial score (nSPS) is 12.4. The van der Waals surface area contributed by atoms with Crippen LogP contribution in [0.5, 0.6) is 0 Å². The van der Waals surface area contributed by atoms with Crippen LogP contribution < -0.4 is 5.32 Å². The highest BCUT2D eigenvalue weighted by molar-refractivity contribution is 5.79. The van der Waals surface area contributed by atoms with Crippen LogP contribution >= 0.6 is 0 Å². The smallest absolute Gasteiger partial charge is 0.317 e. The van der Waals surface area contributed by atoms with Crippen LogP contribution in [0.3, 0.4) is 0 Å². The van der Waals surface area contributed by atoms with Gasteiger partial charge in [-0.2, -0.15) is 0 Å². The molecular weight excluding hydrogens is 244 g/mol. The zero-order valence-electron chi connectivity index (χ0n) is 13.2. The SMILES string of the molecule is CCC(CC)N(C)C(=O)NC(C)(C)C(C)(C)C(=O)O. The number of amides is 2. The van der Waals surface area contributed by atoms with E-state index in [1.807, 2.05) is 13.8 Å². The van der Waals surface area contributed by atoms with Crippen molar-refractivity contribution in [1.82, 2.24) is 10.2 Å². The molecular formula is C14H28N2O3. The third-order valence-corrected chi connectivity index (χ3v) is 4.33. The van der Waals surface area contributed by atoms with Crippen LogP contribution in [0.2, 0.25) is 0 Å². The molecule has 0 rings (SSSR count). The summed E-state index contributed by atoms with van der Waals surface area (Å²) in [4.78, 5) is 25.2. The lowest BCUT2D eigenvalue weighted by molar-refractivity contribution is -0.150. The molecule has 0 unspecified atom stereocenters. The summed E-state index contributed by atoms with van der Waals surface area (Å²) in [7, 11) is 1.75. The molecule has 112 valence electrons. The number of nitrogens with one attached hydrogen (secondary N) is 1. The van der Waals surface area contributed by atoms with Crippen molar-refractivity contribution < 1.29 is 14.7 Å². The molecule has 5 nitrogen and oxygen atoms in total. The Kier molecular flexibility index (Phi) is 5.84. The molecule has 0 aromatic heterocycles. The Labute approximate surface area is 116 Å². The van der Waals surface area contributed by atoms with E-state index in [1.165, 1.54) is 0 Å². The quantitative estimate of drug-likeness (QED) is 0.781. The van der Waals surface area contributed by atoms with Gasteiger partial charge in [0, 0.05) is 13.1 Å². The highest BCUT2D eigenvalue weighted by atomic mass is 16.4. The number of urea groups is 1. The topological polar surface area (TPSA) is 69.6 Å². The largest absolute Gasteiger partial charge is 0.481 e. The number of carbonyl (C=O) groups is 2. The molecule has 5 heteroatoms. The molecule has 0 radical (unpaired) electrons. The van der Waals surface area contributed by atoms with Crippen molar-refractivity contribution in [3.05, 3.63) is 0 Å². The van der Waals surface area contributed by atoms with Gasteiger partial charge in [-0.3, -0.25) is 4.79 Å². The van der Waals surface area contributed by atoms with E-state index < -0.39 is 16.9 Å². The Morgan fingerprint density at radius 2 is 1.58 bits per heavy atom. The van der Waals surface area contributed by atoms with Gasteiger partial charge in [-0.15, -0.1) is 0 Å². The summed E-state index contributed by atoms with van der Waals surface area (Å²) < 4.78 is 0. The summed E-state index contributed by atoms with van der Waals surface area (Å²) in [6, 6.07) is -0.0586. The Bertz CT molecular complexity index is 334. The fourth-order valence-electron chi connectivity index (χ4n) is 1.78. The zero-order chi connectivity index (χ0) is 15.4. The molecule has 0 saturated heterocycles. The third-order valence-electron chi connectivity index (χ3n) is 4.33. The number of carbonyl (C=O) groups excluding carboxylic acids is 1. The first-order chi connectivity index (χ1) is 8.51. The van der Waals surface area contributed by atoms with Gasteiger partial charge in [0.2, 0.25) is 0 Å². The average Bonchev–Trinajstić information content (AvgIpc) is 2.29. The van der Waals surface area contributed by atoms with Crippen LogP contribution in [0, 0.1) is 5.41 Å². The van der Waals surface area contributed by atoms with E-state index in [2.05, 4.69) is 5.32 Å². The van der Waals surface area contributed by atoms with Gasteiger partial charge in [-0.1, -0.05) is 13.8 Å². The van der Waals surface area contributed by atoms with Crippen LogP contribution in [-0.2, 0) is 4.79 Å². The molecule has 2 N–H and O–H groups in total. The first-order valence-corrected chi connectivity index (χ1v) is 6.79. The molecule has 0 aromatic carbocycles. The minimum Gasteiger partial charge on any atom is -0.481 e. The van der Waals surface area contributed by atoms with E-state index in [-0.39, 0.29) is 12.1 Å². The molecule has 0 fully saturated rings. The van der Waals surface area contributed by atoms with E-state index in [4.69, 9.17) is 0 Å². The second kappa shape index (κ2) is 6.26. The van der Waals surface area contributed by atoms with Crippen molar-refractivity contribution in [3.63, 3.8) is 0 Å². The van der Waals surface area contributed by atoms with Crippen molar-refractivity contribution in [3.8, 4) is 0 Å². The summed E-state index contributed by atoms with van der Waals surface area (Å²) in [5.41, 5.74) is -1.88. The number of carboxylic acid groups (broad SMARTS) is 1. The first kappa shape index (κ1) is 17.7. The molecule has 0 aromatic rings. The van der Waals surface area contributed by atoms with Crippen LogP contribution in [0.15, 0.2) is 0 Å². The van der Waals surface area contributed by atoms with E-state index in [9.17, 15) is 14.7 Å². The maximum atomic E-state index is 12.2. The number of carboxylic acids is 1. The molecule has 2 amide bonds.